The Morgan fingerprint density at radius 3 is 2.32 bits per heavy atom. The molecule has 0 aliphatic rings. The summed E-state index contributed by atoms with van der Waals surface area (Å²) in [7, 11) is 4.96. The van der Waals surface area contributed by atoms with Crippen molar-refractivity contribution in [1.29, 1.82) is 0 Å². The van der Waals surface area contributed by atoms with Crippen molar-refractivity contribution in [1.82, 2.24) is 9.80 Å². The molecule has 0 aliphatic heterocycles. The Kier molecular flexibility index (Phi) is 7.08. The summed E-state index contributed by atoms with van der Waals surface area (Å²) in [5, 5.41) is 13.6. The quantitative estimate of drug-likeness (QED) is 0.565. The summed E-state index contributed by atoms with van der Waals surface area (Å²) < 4.78 is 0. The normalized spacial score (nSPS) is 11.8. The summed E-state index contributed by atoms with van der Waals surface area (Å²) >= 11 is 6.08. The second-order valence-corrected chi connectivity index (χ2v) is 6.83. The summed E-state index contributed by atoms with van der Waals surface area (Å²) in [6.45, 7) is 0.0357. The number of carbonyl (C=O) groups is 2. The van der Waals surface area contributed by atoms with E-state index in [0.717, 1.165) is 0 Å². The number of nitro groups is 1. The van der Waals surface area contributed by atoms with Crippen LogP contribution in [-0.4, -0.2) is 54.2 Å². The summed E-state index contributed by atoms with van der Waals surface area (Å²) in [5.41, 5.74) is 0.786. The van der Waals surface area contributed by atoms with Gasteiger partial charge in [0.2, 0.25) is 11.8 Å². The van der Waals surface area contributed by atoms with Gasteiger partial charge in [0.15, 0.2) is 0 Å². The Bertz CT molecular complexity index is 873. The van der Waals surface area contributed by atoms with E-state index in [-0.39, 0.29) is 28.8 Å². The third-order valence-corrected chi connectivity index (χ3v) is 4.42. The number of halogens is 1. The fourth-order valence-electron chi connectivity index (χ4n) is 2.61. The molecule has 148 valence electrons. The average Bonchev–Trinajstić information content (AvgIpc) is 2.64. The van der Waals surface area contributed by atoms with Crippen molar-refractivity contribution in [3.05, 3.63) is 69.2 Å². The van der Waals surface area contributed by atoms with Gasteiger partial charge in [0.1, 0.15) is 6.04 Å². The SMILES string of the molecule is CN(C)C(=O)CN(C)[C@@H](C(=O)Nc1ccc([N+](=O)[O-])cc1Cl)c1ccccc1. The van der Waals surface area contributed by atoms with Crippen LogP contribution in [0.15, 0.2) is 48.5 Å². The maximum Gasteiger partial charge on any atom is 0.271 e. The standard InChI is InChI=1S/C19H21ClN4O4/c1-22(2)17(25)12-23(3)18(13-7-5-4-6-8-13)19(26)21-16-10-9-14(24(27)28)11-15(16)20/h4-11,18H,12H2,1-3H3,(H,21,26)/t18-/m1/s1. The van der Waals surface area contributed by atoms with Crippen LogP contribution < -0.4 is 5.32 Å². The van der Waals surface area contributed by atoms with Crippen molar-refractivity contribution in [2.45, 2.75) is 6.04 Å². The molecule has 8 nitrogen and oxygen atoms in total. The van der Waals surface area contributed by atoms with E-state index < -0.39 is 16.9 Å². The molecule has 9 heteroatoms. The van der Waals surface area contributed by atoms with Crippen LogP contribution in [0, 0.1) is 10.1 Å². The number of amides is 2. The van der Waals surface area contributed by atoms with Gasteiger partial charge in [0, 0.05) is 26.2 Å². The molecule has 0 aromatic heterocycles. The van der Waals surface area contributed by atoms with Gasteiger partial charge in [-0.05, 0) is 18.7 Å². The van der Waals surface area contributed by atoms with Crippen molar-refractivity contribution in [3.63, 3.8) is 0 Å². The van der Waals surface area contributed by atoms with Gasteiger partial charge in [-0.1, -0.05) is 41.9 Å². The number of anilines is 1. The number of likely N-dealkylation sites (N-methyl/N-ethyl adjacent to an activating group) is 2. The van der Waals surface area contributed by atoms with E-state index in [1.807, 2.05) is 6.07 Å². The predicted octanol–water partition coefficient (Wildman–Crippen LogP) is 2.95. The lowest BCUT2D eigenvalue weighted by Crippen LogP contribution is -2.41. The largest absolute Gasteiger partial charge is 0.348 e. The minimum absolute atomic E-state index is 0.0357. The topological polar surface area (TPSA) is 95.8 Å². The molecule has 0 unspecified atom stereocenters. The number of hydrogen-bond acceptors (Lipinski definition) is 5. The molecule has 2 aromatic carbocycles. The van der Waals surface area contributed by atoms with Gasteiger partial charge in [0.05, 0.1) is 22.2 Å². The van der Waals surface area contributed by atoms with Crippen molar-refractivity contribution in [2.24, 2.45) is 0 Å². The van der Waals surface area contributed by atoms with E-state index in [2.05, 4.69) is 5.32 Å². The highest BCUT2D eigenvalue weighted by Gasteiger charge is 2.27. The van der Waals surface area contributed by atoms with Crippen LogP contribution in [0.5, 0.6) is 0 Å². The van der Waals surface area contributed by atoms with Crippen LogP contribution in [0.1, 0.15) is 11.6 Å². The number of non-ortho nitro benzene ring substituents is 1. The second kappa shape index (κ2) is 9.29. The van der Waals surface area contributed by atoms with Gasteiger partial charge in [-0.15, -0.1) is 0 Å². The third kappa shape index (κ3) is 5.28. The number of benzene rings is 2. The highest BCUT2D eigenvalue weighted by atomic mass is 35.5. The summed E-state index contributed by atoms with van der Waals surface area (Å²) in [6, 6.07) is 12.1. The van der Waals surface area contributed by atoms with E-state index in [0.29, 0.717) is 5.56 Å². The van der Waals surface area contributed by atoms with Crippen molar-refractivity contribution in [2.75, 3.05) is 33.0 Å². The Hall–Kier alpha value is -2.97. The zero-order chi connectivity index (χ0) is 20.8. The van der Waals surface area contributed by atoms with Crippen LogP contribution >= 0.6 is 11.6 Å². The molecular formula is C19H21ClN4O4. The number of hydrogen-bond donors (Lipinski definition) is 1. The second-order valence-electron chi connectivity index (χ2n) is 6.43. The molecule has 0 saturated carbocycles. The predicted molar refractivity (Wildman–Crippen MR) is 107 cm³/mol. The van der Waals surface area contributed by atoms with Crippen molar-refractivity contribution in [3.8, 4) is 0 Å². The number of carbonyl (C=O) groups excluding carboxylic acids is 2. The van der Waals surface area contributed by atoms with E-state index in [9.17, 15) is 19.7 Å². The third-order valence-electron chi connectivity index (χ3n) is 4.11. The van der Waals surface area contributed by atoms with Crippen molar-refractivity contribution < 1.29 is 14.5 Å². The maximum absolute atomic E-state index is 13.0. The van der Waals surface area contributed by atoms with E-state index >= 15 is 0 Å². The van der Waals surface area contributed by atoms with Gasteiger partial charge in [0.25, 0.3) is 5.69 Å². The summed E-state index contributed by atoms with van der Waals surface area (Å²) in [6.07, 6.45) is 0. The number of nitrogens with zero attached hydrogens (tertiary/aromatic N) is 3. The Labute approximate surface area is 167 Å². The van der Waals surface area contributed by atoms with E-state index in [4.69, 9.17) is 11.6 Å². The minimum atomic E-state index is -0.753. The first kappa shape index (κ1) is 21.3. The molecule has 2 amide bonds. The molecule has 2 aromatic rings. The number of rotatable bonds is 7. The van der Waals surface area contributed by atoms with Gasteiger partial charge in [-0.2, -0.15) is 0 Å². The van der Waals surface area contributed by atoms with Crippen LogP contribution in [-0.2, 0) is 9.59 Å². The van der Waals surface area contributed by atoms with E-state index in [1.165, 1.54) is 23.1 Å². The molecule has 28 heavy (non-hydrogen) atoms. The van der Waals surface area contributed by atoms with Crippen LogP contribution in [0.25, 0.3) is 0 Å². The molecule has 0 spiro atoms. The lowest BCUT2D eigenvalue weighted by molar-refractivity contribution is -0.384. The van der Waals surface area contributed by atoms with Gasteiger partial charge >= 0.3 is 0 Å². The lowest BCUT2D eigenvalue weighted by Gasteiger charge is -2.28. The van der Waals surface area contributed by atoms with Gasteiger partial charge in [-0.25, -0.2) is 0 Å². The molecule has 0 radical (unpaired) electrons. The summed E-state index contributed by atoms with van der Waals surface area (Å²) in [5.74, 6) is -0.555. The fourth-order valence-corrected chi connectivity index (χ4v) is 2.83. The molecule has 0 fully saturated rings. The highest BCUT2D eigenvalue weighted by Crippen LogP contribution is 2.28. The smallest absolute Gasteiger partial charge is 0.271 e. The first-order valence-corrected chi connectivity index (χ1v) is 8.78. The average molecular weight is 405 g/mol. The first-order valence-electron chi connectivity index (χ1n) is 8.41. The minimum Gasteiger partial charge on any atom is -0.348 e. The summed E-state index contributed by atoms with van der Waals surface area (Å²) in [4.78, 5) is 38.5. The molecule has 2 rings (SSSR count). The number of nitro benzene ring substituents is 1. The fraction of sp³-hybridized carbons (Fsp3) is 0.263. The Balaban J connectivity index is 2.29. The first-order chi connectivity index (χ1) is 13.2. The van der Waals surface area contributed by atoms with E-state index in [1.54, 1.807) is 50.3 Å². The zero-order valence-corrected chi connectivity index (χ0v) is 16.5. The Morgan fingerprint density at radius 1 is 1.14 bits per heavy atom. The van der Waals surface area contributed by atoms with Crippen molar-refractivity contribution >= 4 is 34.8 Å². The van der Waals surface area contributed by atoms with Gasteiger partial charge in [-0.3, -0.25) is 24.6 Å². The maximum atomic E-state index is 13.0. The van der Waals surface area contributed by atoms with Crippen LogP contribution in [0.4, 0.5) is 11.4 Å². The highest BCUT2D eigenvalue weighted by molar-refractivity contribution is 6.34. The van der Waals surface area contributed by atoms with Gasteiger partial charge < -0.3 is 10.2 Å². The zero-order valence-electron chi connectivity index (χ0n) is 15.8. The molecule has 1 N–H and O–H groups in total. The van der Waals surface area contributed by atoms with Crippen LogP contribution in [0.3, 0.4) is 0 Å². The molecule has 1 atom stereocenters. The monoisotopic (exact) mass is 404 g/mol. The molecular weight excluding hydrogens is 384 g/mol. The molecule has 0 bridgehead atoms. The molecule has 0 aliphatic carbocycles. The van der Waals surface area contributed by atoms with Crippen LogP contribution in [0.2, 0.25) is 5.02 Å². The Morgan fingerprint density at radius 2 is 1.79 bits per heavy atom. The number of nitrogens with one attached hydrogen (secondary N) is 1. The lowest BCUT2D eigenvalue weighted by atomic mass is 10.0. The molecule has 0 saturated heterocycles. The molecule has 0 heterocycles.